The van der Waals surface area contributed by atoms with E-state index >= 15 is 4.39 Å². The maximum absolute atomic E-state index is 15.0. The zero-order valence-electron chi connectivity index (χ0n) is 20.5. The Bertz CT molecular complexity index is 1420. The van der Waals surface area contributed by atoms with Crippen LogP contribution in [0.5, 0.6) is 11.6 Å². The first-order valence-electron chi connectivity index (χ1n) is 11.9. The van der Waals surface area contributed by atoms with Crippen molar-refractivity contribution >= 4 is 28.1 Å². The minimum Gasteiger partial charge on any atom is -0.434 e. The molecule has 0 bridgehead atoms. The Labute approximate surface area is 209 Å². The van der Waals surface area contributed by atoms with Crippen molar-refractivity contribution in [3.05, 3.63) is 65.9 Å². The lowest BCUT2D eigenvalue weighted by Gasteiger charge is -2.36. The topological polar surface area (TPSA) is 93.1 Å². The van der Waals surface area contributed by atoms with Crippen LogP contribution in [0, 0.1) is 24.1 Å². The Balaban J connectivity index is 1.33. The molecule has 0 radical (unpaired) electrons. The van der Waals surface area contributed by atoms with E-state index < -0.39 is 5.82 Å². The molecule has 8 nitrogen and oxygen atoms in total. The van der Waals surface area contributed by atoms with Gasteiger partial charge in [0, 0.05) is 47.1 Å². The molecule has 0 unspecified atom stereocenters. The Morgan fingerprint density at radius 3 is 2.58 bits per heavy atom. The SMILES string of the molecule is Cc1cc2c(F)c(Oc3ncnc(Nc4ccc(N5CCC(N(C)C)CC5)cc4)c3C#N)ccc2[nH]1. The number of hydrogen-bond acceptors (Lipinski definition) is 7. The number of fused-ring (bicyclic) bond motifs is 1. The maximum Gasteiger partial charge on any atom is 0.242 e. The van der Waals surface area contributed by atoms with Crippen LogP contribution < -0.4 is 15.0 Å². The molecular weight excluding hydrogens is 457 g/mol. The fraction of sp³-hybridized carbons (Fsp3) is 0.296. The van der Waals surface area contributed by atoms with Crippen LogP contribution in [0.25, 0.3) is 10.9 Å². The highest BCUT2D eigenvalue weighted by Gasteiger charge is 2.21. The summed E-state index contributed by atoms with van der Waals surface area (Å²) in [5.74, 6) is -0.244. The smallest absolute Gasteiger partial charge is 0.242 e. The first kappa shape index (κ1) is 23.6. The highest BCUT2D eigenvalue weighted by Crippen LogP contribution is 2.33. The van der Waals surface area contributed by atoms with Crippen LogP contribution in [0.15, 0.2) is 48.8 Å². The van der Waals surface area contributed by atoms with Gasteiger partial charge in [0.1, 0.15) is 12.4 Å². The highest BCUT2D eigenvalue weighted by molar-refractivity contribution is 5.83. The van der Waals surface area contributed by atoms with E-state index in [1.165, 1.54) is 12.4 Å². The van der Waals surface area contributed by atoms with Crippen LogP contribution in [0.3, 0.4) is 0 Å². The molecule has 5 rings (SSSR count). The molecule has 0 amide bonds. The molecule has 0 spiro atoms. The van der Waals surface area contributed by atoms with Gasteiger partial charge in [0.05, 0.1) is 0 Å². The zero-order chi connectivity index (χ0) is 25.2. The summed E-state index contributed by atoms with van der Waals surface area (Å²) in [6.07, 6.45) is 3.57. The van der Waals surface area contributed by atoms with Crippen LogP contribution in [-0.2, 0) is 0 Å². The summed E-state index contributed by atoms with van der Waals surface area (Å²) in [5.41, 5.74) is 3.55. The molecule has 9 heteroatoms. The lowest BCUT2D eigenvalue weighted by atomic mass is 10.0. The van der Waals surface area contributed by atoms with Gasteiger partial charge in [-0.05, 0) is 76.3 Å². The van der Waals surface area contributed by atoms with E-state index in [0.29, 0.717) is 22.8 Å². The highest BCUT2D eigenvalue weighted by atomic mass is 19.1. The third-order valence-corrected chi connectivity index (χ3v) is 6.66. The molecule has 2 aromatic carbocycles. The molecule has 4 aromatic rings. The number of piperidine rings is 1. The number of ether oxygens (including phenoxy) is 1. The van der Waals surface area contributed by atoms with Gasteiger partial charge in [-0.15, -0.1) is 0 Å². The van der Waals surface area contributed by atoms with Crippen molar-refractivity contribution in [1.29, 1.82) is 5.26 Å². The predicted octanol–water partition coefficient (Wildman–Crippen LogP) is 5.34. The van der Waals surface area contributed by atoms with Gasteiger partial charge in [0.15, 0.2) is 22.9 Å². The van der Waals surface area contributed by atoms with Gasteiger partial charge in [-0.2, -0.15) is 5.26 Å². The molecule has 2 N–H and O–H groups in total. The molecule has 0 aliphatic carbocycles. The molecule has 2 aromatic heterocycles. The third kappa shape index (κ3) is 4.68. The quantitative estimate of drug-likeness (QED) is 0.381. The summed E-state index contributed by atoms with van der Waals surface area (Å²) in [4.78, 5) is 16.1. The Hall–Kier alpha value is -4.16. The van der Waals surface area contributed by atoms with E-state index in [-0.39, 0.29) is 17.2 Å². The summed E-state index contributed by atoms with van der Waals surface area (Å²) >= 11 is 0. The van der Waals surface area contributed by atoms with E-state index in [0.717, 1.165) is 43.0 Å². The minimum absolute atomic E-state index is 0.00922. The van der Waals surface area contributed by atoms with Gasteiger partial charge in [-0.3, -0.25) is 0 Å². The Morgan fingerprint density at radius 2 is 1.89 bits per heavy atom. The van der Waals surface area contributed by atoms with E-state index in [1.54, 1.807) is 12.1 Å². The standard InChI is InChI=1S/C27H28FN7O/c1-17-14-21-23(32-17)8-9-24(25(21)28)36-27-22(15-29)26(30-16-31-27)33-18-4-6-20(7-5-18)35-12-10-19(11-13-35)34(2)3/h4-9,14,16,19,32H,10-13H2,1-3H3,(H,30,31,33). The average molecular weight is 486 g/mol. The largest absolute Gasteiger partial charge is 0.434 e. The Kier molecular flexibility index (Phi) is 6.44. The number of H-pyrrole nitrogens is 1. The molecule has 36 heavy (non-hydrogen) atoms. The molecule has 184 valence electrons. The lowest BCUT2D eigenvalue weighted by Crippen LogP contribution is -2.41. The van der Waals surface area contributed by atoms with Crippen LogP contribution >= 0.6 is 0 Å². The summed E-state index contributed by atoms with van der Waals surface area (Å²) in [6.45, 7) is 3.90. The van der Waals surface area contributed by atoms with Gasteiger partial charge in [0.25, 0.3) is 0 Å². The number of aromatic amines is 1. The summed E-state index contributed by atoms with van der Waals surface area (Å²) in [5, 5.41) is 13.4. The van der Waals surface area contributed by atoms with Crippen LogP contribution in [0.4, 0.5) is 21.6 Å². The molecule has 1 fully saturated rings. The fourth-order valence-corrected chi connectivity index (χ4v) is 4.65. The van der Waals surface area contributed by atoms with E-state index in [9.17, 15) is 5.26 Å². The monoisotopic (exact) mass is 485 g/mol. The number of rotatable bonds is 6. The molecule has 1 saturated heterocycles. The number of aryl methyl sites for hydroxylation is 1. The van der Waals surface area contributed by atoms with Gasteiger partial charge in [-0.1, -0.05) is 0 Å². The number of anilines is 3. The summed E-state index contributed by atoms with van der Waals surface area (Å²) in [7, 11) is 4.27. The zero-order valence-corrected chi connectivity index (χ0v) is 20.5. The van der Waals surface area contributed by atoms with Crippen molar-refractivity contribution in [2.45, 2.75) is 25.8 Å². The molecular formula is C27H28FN7O. The molecule has 1 aliphatic rings. The second-order valence-electron chi connectivity index (χ2n) is 9.26. The summed E-state index contributed by atoms with van der Waals surface area (Å²) in [6, 6.07) is 15.7. The minimum atomic E-state index is -0.515. The van der Waals surface area contributed by atoms with Crippen molar-refractivity contribution in [1.82, 2.24) is 19.9 Å². The third-order valence-electron chi connectivity index (χ3n) is 6.66. The van der Waals surface area contributed by atoms with E-state index in [4.69, 9.17) is 4.74 Å². The van der Waals surface area contributed by atoms with Crippen LogP contribution in [0.1, 0.15) is 24.1 Å². The van der Waals surface area contributed by atoms with Crippen molar-refractivity contribution in [2.24, 2.45) is 0 Å². The van der Waals surface area contributed by atoms with Crippen molar-refractivity contribution in [2.75, 3.05) is 37.4 Å². The maximum atomic E-state index is 15.0. The predicted molar refractivity (Wildman–Crippen MR) is 138 cm³/mol. The number of halogens is 1. The van der Waals surface area contributed by atoms with Gasteiger partial charge >= 0.3 is 0 Å². The van der Waals surface area contributed by atoms with Crippen molar-refractivity contribution in [3.8, 4) is 17.7 Å². The van der Waals surface area contributed by atoms with Gasteiger partial charge in [0.2, 0.25) is 5.88 Å². The number of nitrogens with zero attached hydrogens (tertiary/aromatic N) is 5. The second kappa shape index (κ2) is 9.84. The van der Waals surface area contributed by atoms with Crippen LogP contribution in [0.2, 0.25) is 0 Å². The first-order valence-corrected chi connectivity index (χ1v) is 11.9. The molecule has 3 heterocycles. The van der Waals surface area contributed by atoms with E-state index in [2.05, 4.69) is 62.4 Å². The molecule has 0 atom stereocenters. The number of benzene rings is 2. The number of aromatic nitrogens is 3. The number of hydrogen-bond donors (Lipinski definition) is 2. The van der Waals surface area contributed by atoms with Gasteiger partial charge in [-0.25, -0.2) is 14.4 Å². The lowest BCUT2D eigenvalue weighted by molar-refractivity contribution is 0.249. The average Bonchev–Trinajstić information content (AvgIpc) is 3.27. The molecule has 0 saturated carbocycles. The van der Waals surface area contributed by atoms with Crippen molar-refractivity contribution < 1.29 is 9.13 Å². The van der Waals surface area contributed by atoms with E-state index in [1.807, 2.05) is 19.1 Å². The van der Waals surface area contributed by atoms with Gasteiger partial charge < -0.3 is 24.8 Å². The summed E-state index contributed by atoms with van der Waals surface area (Å²) < 4.78 is 20.7. The fourth-order valence-electron chi connectivity index (χ4n) is 4.65. The first-order chi connectivity index (χ1) is 17.4. The number of nitriles is 1. The Morgan fingerprint density at radius 1 is 1.14 bits per heavy atom. The second-order valence-corrected chi connectivity index (χ2v) is 9.26. The number of nitrogens with one attached hydrogen (secondary N) is 2. The van der Waals surface area contributed by atoms with Crippen LogP contribution in [-0.4, -0.2) is 53.1 Å². The molecule has 1 aliphatic heterocycles. The normalized spacial score (nSPS) is 14.3. The van der Waals surface area contributed by atoms with Crippen molar-refractivity contribution in [3.63, 3.8) is 0 Å².